The lowest BCUT2D eigenvalue weighted by Crippen LogP contribution is -2.55. The number of carbonyl (C=O) groups excluding carboxylic acids is 1. The standard InChI is InChI=1S/C13H20N4O3S/c1-17(6-7-21-2)12(20)16-13(4-3-5-13)11-14-8-9(15-11)10(18)19/h8H,3-7H2,1-2H3,(H,14,15)(H,16,20)(H,18,19). The molecular formula is C13H20N4O3S. The Morgan fingerprint density at radius 1 is 1.57 bits per heavy atom. The molecule has 0 unspecified atom stereocenters. The largest absolute Gasteiger partial charge is 0.477 e. The third kappa shape index (κ3) is 3.31. The molecule has 0 spiro atoms. The first-order valence-electron chi connectivity index (χ1n) is 6.79. The number of imidazole rings is 1. The number of urea groups is 1. The van der Waals surface area contributed by atoms with E-state index in [1.807, 2.05) is 6.26 Å². The van der Waals surface area contributed by atoms with Crippen molar-refractivity contribution in [2.75, 3.05) is 25.6 Å². The SMILES string of the molecule is CSCCN(C)C(=O)NC1(c2ncc(C(=O)O)[nH]2)CCC1. The third-order valence-corrected chi connectivity index (χ3v) is 4.38. The summed E-state index contributed by atoms with van der Waals surface area (Å²) in [7, 11) is 1.75. The smallest absolute Gasteiger partial charge is 0.353 e. The summed E-state index contributed by atoms with van der Waals surface area (Å²) in [5.74, 6) is 0.352. The molecule has 21 heavy (non-hydrogen) atoms. The van der Waals surface area contributed by atoms with E-state index < -0.39 is 11.5 Å². The van der Waals surface area contributed by atoms with E-state index >= 15 is 0 Å². The molecule has 3 N–H and O–H groups in total. The van der Waals surface area contributed by atoms with E-state index in [-0.39, 0.29) is 11.7 Å². The number of aromatic carboxylic acids is 1. The van der Waals surface area contributed by atoms with Gasteiger partial charge in [0.15, 0.2) is 0 Å². The van der Waals surface area contributed by atoms with Gasteiger partial charge in [0.2, 0.25) is 0 Å². The monoisotopic (exact) mass is 312 g/mol. The first-order valence-corrected chi connectivity index (χ1v) is 8.19. The molecule has 0 atom stereocenters. The molecule has 8 heteroatoms. The van der Waals surface area contributed by atoms with Crippen molar-refractivity contribution in [2.45, 2.75) is 24.8 Å². The molecule has 1 aromatic heterocycles. The van der Waals surface area contributed by atoms with E-state index in [0.29, 0.717) is 12.4 Å². The normalized spacial score (nSPS) is 16.1. The fourth-order valence-corrected chi connectivity index (χ4v) is 2.71. The Kier molecular flexibility index (Phi) is 4.76. The van der Waals surface area contributed by atoms with Crippen LogP contribution in [-0.2, 0) is 5.54 Å². The summed E-state index contributed by atoms with van der Waals surface area (Å²) >= 11 is 1.68. The number of aromatic amines is 1. The minimum atomic E-state index is -1.05. The molecule has 7 nitrogen and oxygen atoms in total. The molecule has 1 aliphatic rings. The molecule has 1 saturated carbocycles. The number of hydrogen-bond donors (Lipinski definition) is 3. The minimum absolute atomic E-state index is 0.0428. The van der Waals surface area contributed by atoms with E-state index in [0.717, 1.165) is 25.0 Å². The maximum atomic E-state index is 12.2. The van der Waals surface area contributed by atoms with E-state index in [1.54, 1.807) is 23.7 Å². The second kappa shape index (κ2) is 6.38. The molecular weight excluding hydrogens is 292 g/mol. The van der Waals surface area contributed by atoms with Gasteiger partial charge >= 0.3 is 12.0 Å². The number of amides is 2. The van der Waals surface area contributed by atoms with Gasteiger partial charge in [-0.25, -0.2) is 14.6 Å². The van der Waals surface area contributed by atoms with Gasteiger partial charge in [0.1, 0.15) is 11.5 Å². The number of carbonyl (C=O) groups is 2. The van der Waals surface area contributed by atoms with Crippen molar-refractivity contribution in [2.24, 2.45) is 0 Å². The number of nitrogens with one attached hydrogen (secondary N) is 2. The van der Waals surface area contributed by atoms with Gasteiger partial charge in [-0.2, -0.15) is 11.8 Å². The van der Waals surface area contributed by atoms with Gasteiger partial charge in [-0.05, 0) is 25.5 Å². The predicted molar refractivity (Wildman–Crippen MR) is 80.6 cm³/mol. The van der Waals surface area contributed by atoms with Gasteiger partial charge in [-0.1, -0.05) is 0 Å². The summed E-state index contributed by atoms with van der Waals surface area (Å²) in [6.07, 6.45) is 5.80. The lowest BCUT2D eigenvalue weighted by molar-refractivity contribution is 0.0690. The number of thioether (sulfide) groups is 1. The first kappa shape index (κ1) is 15.7. The van der Waals surface area contributed by atoms with Gasteiger partial charge in [0.05, 0.1) is 11.7 Å². The molecule has 1 aliphatic carbocycles. The lowest BCUT2D eigenvalue weighted by atomic mass is 9.76. The van der Waals surface area contributed by atoms with Crippen molar-refractivity contribution < 1.29 is 14.7 Å². The zero-order chi connectivity index (χ0) is 15.5. The molecule has 0 bridgehead atoms. The average Bonchev–Trinajstić information content (AvgIpc) is 2.89. The predicted octanol–water partition coefficient (Wildman–Crippen LogP) is 1.49. The molecule has 1 fully saturated rings. The topological polar surface area (TPSA) is 98.3 Å². The molecule has 1 aromatic rings. The Balaban J connectivity index is 2.07. The van der Waals surface area contributed by atoms with Crippen LogP contribution in [0.4, 0.5) is 4.79 Å². The summed E-state index contributed by atoms with van der Waals surface area (Å²) in [5, 5.41) is 12.0. The van der Waals surface area contributed by atoms with Crippen molar-refractivity contribution >= 4 is 23.8 Å². The van der Waals surface area contributed by atoms with Crippen LogP contribution in [0.3, 0.4) is 0 Å². The summed E-state index contributed by atoms with van der Waals surface area (Å²) in [5.41, 5.74) is -0.514. The number of carboxylic acid groups (broad SMARTS) is 1. The zero-order valence-corrected chi connectivity index (χ0v) is 13.0. The maximum Gasteiger partial charge on any atom is 0.353 e. The van der Waals surface area contributed by atoms with Crippen LogP contribution in [0.5, 0.6) is 0 Å². The molecule has 0 aliphatic heterocycles. The summed E-state index contributed by atoms with van der Waals surface area (Å²) in [4.78, 5) is 31.7. The Bertz CT molecular complexity index is 527. The third-order valence-electron chi connectivity index (χ3n) is 3.79. The highest BCUT2D eigenvalue weighted by molar-refractivity contribution is 7.98. The van der Waals surface area contributed by atoms with E-state index in [1.165, 1.54) is 6.20 Å². The highest BCUT2D eigenvalue weighted by atomic mass is 32.2. The van der Waals surface area contributed by atoms with Gasteiger partial charge in [0, 0.05) is 19.3 Å². The molecule has 116 valence electrons. The molecule has 2 amide bonds. The minimum Gasteiger partial charge on any atom is -0.477 e. The second-order valence-corrected chi connectivity index (χ2v) is 6.22. The van der Waals surface area contributed by atoms with Crippen molar-refractivity contribution in [3.8, 4) is 0 Å². The summed E-state index contributed by atoms with van der Waals surface area (Å²) < 4.78 is 0. The van der Waals surface area contributed by atoms with Crippen LogP contribution >= 0.6 is 11.8 Å². The summed E-state index contributed by atoms with van der Waals surface area (Å²) in [6.45, 7) is 0.668. The molecule has 0 saturated heterocycles. The Hall–Kier alpha value is -1.70. The Morgan fingerprint density at radius 2 is 2.29 bits per heavy atom. The van der Waals surface area contributed by atoms with Gasteiger partial charge in [-0.3, -0.25) is 0 Å². The second-order valence-electron chi connectivity index (χ2n) is 5.23. The lowest BCUT2D eigenvalue weighted by Gasteiger charge is -2.41. The number of H-pyrrole nitrogens is 1. The van der Waals surface area contributed by atoms with Crippen LogP contribution < -0.4 is 5.32 Å². The summed E-state index contributed by atoms with van der Waals surface area (Å²) in [6, 6.07) is -0.156. The van der Waals surface area contributed by atoms with Crippen molar-refractivity contribution in [1.82, 2.24) is 20.2 Å². The fraction of sp³-hybridized carbons (Fsp3) is 0.615. The number of nitrogens with zero attached hydrogens (tertiary/aromatic N) is 2. The van der Waals surface area contributed by atoms with Crippen LogP contribution in [0.1, 0.15) is 35.6 Å². The van der Waals surface area contributed by atoms with Gasteiger partial charge < -0.3 is 20.3 Å². The van der Waals surface area contributed by atoms with E-state index in [2.05, 4.69) is 15.3 Å². The average molecular weight is 312 g/mol. The molecule has 0 aromatic carbocycles. The highest BCUT2D eigenvalue weighted by Crippen LogP contribution is 2.39. The van der Waals surface area contributed by atoms with Gasteiger partial charge in [0.25, 0.3) is 0 Å². The number of carboxylic acids is 1. The number of hydrogen-bond acceptors (Lipinski definition) is 4. The van der Waals surface area contributed by atoms with Crippen molar-refractivity contribution in [3.63, 3.8) is 0 Å². The van der Waals surface area contributed by atoms with Crippen LogP contribution in [-0.4, -0.2) is 57.6 Å². The quantitative estimate of drug-likeness (QED) is 0.739. The van der Waals surface area contributed by atoms with Crippen LogP contribution in [0, 0.1) is 0 Å². The zero-order valence-electron chi connectivity index (χ0n) is 12.2. The first-order chi connectivity index (χ1) is 9.98. The number of aromatic nitrogens is 2. The Morgan fingerprint density at radius 3 is 2.76 bits per heavy atom. The molecule has 2 rings (SSSR count). The maximum absolute atomic E-state index is 12.2. The molecule has 0 radical (unpaired) electrons. The van der Waals surface area contributed by atoms with Crippen LogP contribution in [0.2, 0.25) is 0 Å². The van der Waals surface area contributed by atoms with E-state index in [9.17, 15) is 9.59 Å². The van der Waals surface area contributed by atoms with Crippen LogP contribution in [0.25, 0.3) is 0 Å². The number of rotatable bonds is 6. The van der Waals surface area contributed by atoms with Crippen molar-refractivity contribution in [1.29, 1.82) is 0 Å². The Labute approximate surface area is 127 Å². The van der Waals surface area contributed by atoms with E-state index in [4.69, 9.17) is 5.11 Å². The fourth-order valence-electron chi connectivity index (χ4n) is 2.25. The molecule has 1 heterocycles. The highest BCUT2D eigenvalue weighted by Gasteiger charge is 2.43. The van der Waals surface area contributed by atoms with Gasteiger partial charge in [-0.15, -0.1) is 0 Å². The van der Waals surface area contributed by atoms with Crippen molar-refractivity contribution in [3.05, 3.63) is 17.7 Å². The van der Waals surface area contributed by atoms with Crippen LogP contribution in [0.15, 0.2) is 6.20 Å².